The van der Waals surface area contributed by atoms with E-state index in [1.54, 1.807) is 27.7 Å². The second-order valence-electron chi connectivity index (χ2n) is 16.2. The van der Waals surface area contributed by atoms with Gasteiger partial charge in [-0.25, -0.2) is 4.98 Å². The normalized spacial score (nSPS) is 20.4. The number of ether oxygens (including phenoxy) is 1. The molecule has 3 fully saturated rings. The third-order valence-electron chi connectivity index (χ3n) is 10.6. The lowest BCUT2D eigenvalue weighted by Gasteiger charge is -2.37. The highest BCUT2D eigenvalue weighted by Gasteiger charge is 2.47. The van der Waals surface area contributed by atoms with E-state index < -0.39 is 82.7 Å². The molecular weight excluding hydrogens is 747 g/mol. The largest absolute Gasteiger partial charge is 0.488 e. The van der Waals surface area contributed by atoms with Gasteiger partial charge in [0, 0.05) is 24.9 Å². The maximum absolute atomic E-state index is 14.7. The molecule has 0 unspecified atom stereocenters. The molecule has 5 rings (SSSR count). The summed E-state index contributed by atoms with van der Waals surface area (Å²) >= 11 is 0. The fraction of sp³-hybridized carbons (Fsp3) is 0.600. The van der Waals surface area contributed by atoms with Crippen LogP contribution in [0.1, 0.15) is 108 Å². The Morgan fingerprint density at radius 1 is 0.912 bits per heavy atom. The van der Waals surface area contributed by atoms with Gasteiger partial charge in [-0.05, 0) is 67.7 Å². The monoisotopic (exact) mass is 799 g/mol. The van der Waals surface area contributed by atoms with Crippen molar-refractivity contribution in [2.75, 3.05) is 6.54 Å². The molecule has 17 heteroatoms. The average Bonchev–Trinajstić information content (AvgIpc) is 3.90. The van der Waals surface area contributed by atoms with Gasteiger partial charge >= 0.3 is 6.18 Å². The molecule has 5 atom stereocenters. The Labute approximate surface area is 329 Å². The predicted molar refractivity (Wildman–Crippen MR) is 200 cm³/mol. The molecule has 310 valence electrons. The number of nitrogens with one attached hydrogen (secondary N) is 4. The van der Waals surface area contributed by atoms with Crippen molar-refractivity contribution in [1.82, 2.24) is 36.1 Å². The molecule has 57 heavy (non-hydrogen) atoms. The molecule has 2 aliphatic carbocycles. The van der Waals surface area contributed by atoms with E-state index in [0.717, 1.165) is 56.4 Å². The number of carbonyl (C=O) groups is 6. The van der Waals surface area contributed by atoms with Crippen LogP contribution in [0.15, 0.2) is 42.9 Å². The summed E-state index contributed by atoms with van der Waals surface area (Å²) in [4.78, 5) is 91.5. The number of amides is 5. The Morgan fingerprint density at radius 3 is 2.18 bits per heavy atom. The lowest BCUT2D eigenvalue weighted by atomic mass is 9.82. The van der Waals surface area contributed by atoms with Gasteiger partial charge in [0.25, 0.3) is 11.8 Å². The van der Waals surface area contributed by atoms with Crippen LogP contribution < -0.4 is 26.0 Å². The van der Waals surface area contributed by atoms with Crippen molar-refractivity contribution in [3.8, 4) is 5.75 Å². The van der Waals surface area contributed by atoms with Gasteiger partial charge in [0.05, 0.1) is 24.3 Å². The Morgan fingerprint density at radius 2 is 1.60 bits per heavy atom. The van der Waals surface area contributed by atoms with Crippen LogP contribution in [0, 0.1) is 11.3 Å². The molecule has 2 aromatic rings. The molecule has 2 saturated carbocycles. The zero-order chi connectivity index (χ0) is 41.5. The molecule has 2 heterocycles. The maximum Gasteiger partial charge on any atom is 0.416 e. The first kappa shape index (κ1) is 43.0. The van der Waals surface area contributed by atoms with E-state index in [0.29, 0.717) is 19.3 Å². The third-order valence-corrected chi connectivity index (χ3v) is 10.6. The number of nitrogens with zero attached hydrogens (tertiary/aromatic N) is 3. The van der Waals surface area contributed by atoms with Gasteiger partial charge in [-0.3, -0.25) is 33.8 Å². The highest BCUT2D eigenvalue weighted by Crippen LogP contribution is 2.33. The van der Waals surface area contributed by atoms with Crippen LogP contribution in [0.4, 0.5) is 13.2 Å². The van der Waals surface area contributed by atoms with Gasteiger partial charge in [0.2, 0.25) is 23.5 Å². The number of hydrogen-bond acceptors (Lipinski definition) is 9. The fourth-order valence-corrected chi connectivity index (χ4v) is 7.30. The second-order valence-corrected chi connectivity index (χ2v) is 16.2. The summed E-state index contributed by atoms with van der Waals surface area (Å²) in [7, 11) is 0. The SMILES string of the molecule is CCC[C@H](NC(=O)[C@@H]1C[C@@H](Oc2ccc(C(F)(F)F)cc2)CN1C(=O)[C@@H](NC(=O)[C@@H](NC(=O)c1cnccn1)C1CCCCC1)C(C)(C)C)C(=O)C(=O)NC1CC1. The van der Waals surface area contributed by atoms with Crippen molar-refractivity contribution in [2.45, 2.75) is 134 Å². The van der Waals surface area contributed by atoms with Crippen LogP contribution in [0.25, 0.3) is 0 Å². The zero-order valence-corrected chi connectivity index (χ0v) is 32.7. The van der Waals surface area contributed by atoms with Crippen LogP contribution in [-0.2, 0) is 30.1 Å². The number of benzene rings is 1. The lowest BCUT2D eigenvalue weighted by molar-refractivity contribution is -0.145. The highest BCUT2D eigenvalue weighted by atomic mass is 19.4. The van der Waals surface area contributed by atoms with E-state index >= 15 is 0 Å². The van der Waals surface area contributed by atoms with Crippen LogP contribution in [0.5, 0.6) is 5.75 Å². The smallest absolute Gasteiger partial charge is 0.416 e. The summed E-state index contributed by atoms with van der Waals surface area (Å²) in [5.41, 5.74) is -1.80. The quantitative estimate of drug-likeness (QED) is 0.194. The minimum Gasteiger partial charge on any atom is -0.488 e. The molecule has 0 bridgehead atoms. The second kappa shape index (κ2) is 18.4. The first-order valence-corrected chi connectivity index (χ1v) is 19.6. The molecule has 3 aliphatic rings. The topological polar surface area (TPSA) is 189 Å². The molecule has 1 aromatic carbocycles. The van der Waals surface area contributed by atoms with Gasteiger partial charge < -0.3 is 30.9 Å². The molecule has 1 saturated heterocycles. The summed E-state index contributed by atoms with van der Waals surface area (Å²) in [6.45, 7) is 6.81. The number of carbonyl (C=O) groups excluding carboxylic acids is 6. The molecular formula is C40H52F3N7O7. The van der Waals surface area contributed by atoms with Crippen LogP contribution in [0.3, 0.4) is 0 Å². The van der Waals surface area contributed by atoms with Crippen LogP contribution in [-0.4, -0.2) is 93.0 Å². The van der Waals surface area contributed by atoms with Crippen molar-refractivity contribution in [2.24, 2.45) is 11.3 Å². The van der Waals surface area contributed by atoms with Gasteiger partial charge in [0.1, 0.15) is 35.7 Å². The van der Waals surface area contributed by atoms with Crippen molar-refractivity contribution in [3.05, 3.63) is 54.1 Å². The van der Waals surface area contributed by atoms with E-state index in [1.807, 2.05) is 0 Å². The first-order chi connectivity index (χ1) is 27.0. The number of halogens is 3. The molecule has 0 spiro atoms. The van der Waals surface area contributed by atoms with Gasteiger partial charge in [-0.15, -0.1) is 0 Å². The Balaban J connectivity index is 1.41. The predicted octanol–water partition coefficient (Wildman–Crippen LogP) is 3.89. The van der Waals surface area contributed by atoms with Crippen molar-refractivity contribution in [1.29, 1.82) is 0 Å². The number of alkyl halides is 3. The molecule has 14 nitrogen and oxygen atoms in total. The number of hydrogen-bond donors (Lipinski definition) is 4. The van der Waals surface area contributed by atoms with Gasteiger partial charge in [-0.1, -0.05) is 53.4 Å². The van der Waals surface area contributed by atoms with E-state index in [-0.39, 0.29) is 42.8 Å². The molecule has 1 aliphatic heterocycles. The summed E-state index contributed by atoms with van der Waals surface area (Å²) < 4.78 is 45.8. The summed E-state index contributed by atoms with van der Waals surface area (Å²) in [5, 5.41) is 11.0. The lowest BCUT2D eigenvalue weighted by Crippen LogP contribution is -2.62. The van der Waals surface area contributed by atoms with E-state index in [9.17, 15) is 41.9 Å². The molecule has 1 aromatic heterocycles. The number of Topliss-reactive ketones (excluding diaryl/α,β-unsaturated/α-hetero) is 1. The Kier molecular flexibility index (Phi) is 13.9. The fourth-order valence-electron chi connectivity index (χ4n) is 7.30. The third kappa shape index (κ3) is 11.5. The minimum absolute atomic E-state index is 0.0180. The van der Waals surface area contributed by atoms with Crippen molar-refractivity contribution >= 4 is 35.3 Å². The zero-order valence-electron chi connectivity index (χ0n) is 32.7. The number of ketones is 1. The Bertz CT molecular complexity index is 1760. The van der Waals surface area contributed by atoms with Gasteiger partial charge in [-0.2, -0.15) is 13.2 Å². The van der Waals surface area contributed by atoms with Crippen molar-refractivity contribution in [3.63, 3.8) is 0 Å². The molecule has 4 N–H and O–H groups in total. The summed E-state index contributed by atoms with van der Waals surface area (Å²) in [6, 6.07) is -0.748. The standard InChI is InChI=1S/C40H52F3N7O7/c1-5-9-28(32(51)37(55)46-25-14-15-25)47-35(53)30-20-27(57-26-16-12-24(13-17-26)40(41,42)43)22-50(30)38(56)33(39(2,3)4)49-36(54)31(23-10-7-6-8-11-23)48-34(52)29-21-44-18-19-45-29/h12-13,16-19,21,23,25,27-28,30-31,33H,5-11,14-15,20,22H2,1-4H3,(H,46,55)(H,47,53)(H,48,52)(H,49,54)/t27-,28+,30+,31+,33-/m1/s1. The highest BCUT2D eigenvalue weighted by molar-refractivity contribution is 6.38. The average molecular weight is 800 g/mol. The summed E-state index contributed by atoms with van der Waals surface area (Å²) in [5.74, 6) is -4.37. The number of rotatable bonds is 15. The maximum atomic E-state index is 14.7. The minimum atomic E-state index is -4.57. The van der Waals surface area contributed by atoms with Crippen LogP contribution >= 0.6 is 0 Å². The van der Waals surface area contributed by atoms with E-state index in [2.05, 4.69) is 31.2 Å². The van der Waals surface area contributed by atoms with E-state index in [4.69, 9.17) is 4.74 Å². The summed E-state index contributed by atoms with van der Waals surface area (Å²) in [6.07, 6.45) is 4.64. The number of aromatic nitrogens is 2. The van der Waals surface area contributed by atoms with Crippen LogP contribution in [0.2, 0.25) is 0 Å². The molecule has 0 radical (unpaired) electrons. The van der Waals surface area contributed by atoms with Crippen molar-refractivity contribution < 1.29 is 46.7 Å². The molecule has 5 amide bonds. The first-order valence-electron chi connectivity index (χ1n) is 19.6. The van der Waals surface area contributed by atoms with E-state index in [1.165, 1.54) is 23.5 Å². The van der Waals surface area contributed by atoms with Gasteiger partial charge in [0.15, 0.2) is 0 Å². The number of likely N-dealkylation sites (tertiary alicyclic amines) is 1. The Hall–Kier alpha value is -5.09.